The number of nitrogens with one attached hydrogen (secondary N) is 2. The summed E-state index contributed by atoms with van der Waals surface area (Å²) in [6.45, 7) is 2.09. The van der Waals surface area contributed by atoms with Gasteiger partial charge in [0.1, 0.15) is 0 Å². The minimum absolute atomic E-state index is 0.628. The Balaban J connectivity index is 2.92. The Labute approximate surface area is 96.5 Å². The number of hydrogen-bond acceptors (Lipinski definition) is 2. The molecular weight excluding hydrogens is 206 g/mol. The second-order valence-electron chi connectivity index (χ2n) is 3.60. The highest BCUT2D eigenvalue weighted by atomic mass is 32.1. The van der Waals surface area contributed by atoms with Crippen LogP contribution in [-0.4, -0.2) is 26.3 Å². The Morgan fingerprint density at radius 1 is 1.33 bits per heavy atom. The van der Waals surface area contributed by atoms with Gasteiger partial charge in [-0.25, -0.2) is 0 Å². The van der Waals surface area contributed by atoms with Crippen LogP contribution in [0.15, 0.2) is 18.2 Å². The Bertz CT molecular complexity index is 361. The smallest absolute Gasteiger partial charge is 0.170 e. The zero-order chi connectivity index (χ0) is 11.4. The lowest BCUT2D eigenvalue weighted by Crippen LogP contribution is -2.24. The Kier molecular flexibility index (Phi) is 3.91. The van der Waals surface area contributed by atoms with Gasteiger partial charge in [-0.1, -0.05) is 6.07 Å². The molecule has 4 heteroatoms. The summed E-state index contributed by atoms with van der Waals surface area (Å²) in [4.78, 5) is 2.09. The summed E-state index contributed by atoms with van der Waals surface area (Å²) in [7, 11) is 5.86. The third kappa shape index (κ3) is 3.09. The molecule has 0 radical (unpaired) electrons. The molecule has 0 saturated heterocycles. The molecule has 1 aromatic rings. The molecule has 0 saturated carbocycles. The molecule has 0 spiro atoms. The summed E-state index contributed by atoms with van der Waals surface area (Å²) in [5.41, 5.74) is 3.45. The van der Waals surface area contributed by atoms with E-state index in [0.717, 1.165) is 5.69 Å². The number of hydrogen-bond donors (Lipinski definition) is 2. The highest BCUT2D eigenvalue weighted by molar-refractivity contribution is 7.80. The van der Waals surface area contributed by atoms with Crippen LogP contribution in [0.1, 0.15) is 5.56 Å². The van der Waals surface area contributed by atoms with Crippen LogP contribution in [0.25, 0.3) is 0 Å². The van der Waals surface area contributed by atoms with Gasteiger partial charge in [-0.15, -0.1) is 0 Å². The van der Waals surface area contributed by atoms with E-state index in [4.69, 9.17) is 12.2 Å². The molecule has 3 nitrogen and oxygen atoms in total. The number of aryl methyl sites for hydroxylation is 1. The van der Waals surface area contributed by atoms with Crippen molar-refractivity contribution in [2.24, 2.45) is 0 Å². The molecule has 0 fully saturated rings. The molecule has 0 atom stereocenters. The van der Waals surface area contributed by atoms with Gasteiger partial charge in [-0.2, -0.15) is 0 Å². The summed E-state index contributed by atoms with van der Waals surface area (Å²) in [6.07, 6.45) is 0. The quantitative estimate of drug-likeness (QED) is 0.750. The van der Waals surface area contributed by atoms with Gasteiger partial charge in [0, 0.05) is 32.5 Å². The molecule has 0 aliphatic rings. The van der Waals surface area contributed by atoms with Crippen LogP contribution in [-0.2, 0) is 0 Å². The SMILES string of the molecule is CNC(=S)Nc1ccc(C)c(N(C)C)c1. The molecule has 1 aromatic carbocycles. The lowest BCUT2D eigenvalue weighted by molar-refractivity contribution is 1.11. The third-order valence-corrected chi connectivity index (χ3v) is 2.48. The highest BCUT2D eigenvalue weighted by Crippen LogP contribution is 2.22. The van der Waals surface area contributed by atoms with E-state index in [1.807, 2.05) is 20.2 Å². The molecule has 15 heavy (non-hydrogen) atoms. The first-order chi connectivity index (χ1) is 7.04. The van der Waals surface area contributed by atoms with Crippen LogP contribution >= 0.6 is 12.2 Å². The first-order valence-corrected chi connectivity index (χ1v) is 5.22. The van der Waals surface area contributed by atoms with Crippen LogP contribution in [0.4, 0.5) is 11.4 Å². The average molecular weight is 223 g/mol. The zero-order valence-corrected chi connectivity index (χ0v) is 10.4. The largest absolute Gasteiger partial charge is 0.377 e. The fraction of sp³-hybridized carbons (Fsp3) is 0.364. The predicted octanol–water partition coefficient (Wildman–Crippen LogP) is 1.98. The van der Waals surface area contributed by atoms with Crippen molar-refractivity contribution in [2.45, 2.75) is 6.92 Å². The number of rotatable bonds is 2. The van der Waals surface area contributed by atoms with Gasteiger partial charge in [0.25, 0.3) is 0 Å². The van der Waals surface area contributed by atoms with Crippen molar-refractivity contribution >= 4 is 28.7 Å². The number of nitrogens with zero attached hydrogens (tertiary/aromatic N) is 1. The summed E-state index contributed by atoms with van der Waals surface area (Å²) in [6, 6.07) is 6.18. The fourth-order valence-electron chi connectivity index (χ4n) is 1.36. The van der Waals surface area contributed by atoms with Gasteiger partial charge in [0.2, 0.25) is 0 Å². The molecule has 0 bridgehead atoms. The van der Waals surface area contributed by atoms with E-state index in [1.165, 1.54) is 11.3 Å². The van der Waals surface area contributed by atoms with Crippen molar-refractivity contribution in [2.75, 3.05) is 31.4 Å². The van der Waals surface area contributed by atoms with Gasteiger partial charge in [0.05, 0.1) is 0 Å². The maximum Gasteiger partial charge on any atom is 0.170 e. The van der Waals surface area contributed by atoms with E-state index >= 15 is 0 Å². The molecular formula is C11H17N3S. The van der Waals surface area contributed by atoms with E-state index in [1.54, 1.807) is 7.05 Å². The van der Waals surface area contributed by atoms with Gasteiger partial charge < -0.3 is 15.5 Å². The lowest BCUT2D eigenvalue weighted by atomic mass is 10.1. The van der Waals surface area contributed by atoms with Crippen molar-refractivity contribution in [1.82, 2.24) is 5.32 Å². The molecule has 0 aromatic heterocycles. The van der Waals surface area contributed by atoms with E-state index < -0.39 is 0 Å². The fourth-order valence-corrected chi connectivity index (χ4v) is 1.48. The molecule has 0 aliphatic heterocycles. The Morgan fingerprint density at radius 2 is 2.00 bits per heavy atom. The predicted molar refractivity (Wildman–Crippen MR) is 70.8 cm³/mol. The van der Waals surface area contributed by atoms with Gasteiger partial charge in [0.15, 0.2) is 5.11 Å². The molecule has 0 heterocycles. The van der Waals surface area contributed by atoms with Gasteiger partial charge in [-0.05, 0) is 36.8 Å². The maximum absolute atomic E-state index is 5.04. The van der Waals surface area contributed by atoms with E-state index in [-0.39, 0.29) is 0 Å². The average Bonchev–Trinajstić information content (AvgIpc) is 2.20. The van der Waals surface area contributed by atoms with Crippen LogP contribution in [0.2, 0.25) is 0 Å². The third-order valence-electron chi connectivity index (χ3n) is 2.18. The Morgan fingerprint density at radius 3 is 2.53 bits per heavy atom. The minimum Gasteiger partial charge on any atom is -0.377 e. The number of benzene rings is 1. The zero-order valence-electron chi connectivity index (χ0n) is 9.59. The van der Waals surface area contributed by atoms with Crippen molar-refractivity contribution in [3.63, 3.8) is 0 Å². The summed E-state index contributed by atoms with van der Waals surface area (Å²) in [5.74, 6) is 0. The van der Waals surface area contributed by atoms with Gasteiger partial charge >= 0.3 is 0 Å². The van der Waals surface area contributed by atoms with Gasteiger partial charge in [-0.3, -0.25) is 0 Å². The van der Waals surface area contributed by atoms with Crippen molar-refractivity contribution in [1.29, 1.82) is 0 Å². The van der Waals surface area contributed by atoms with Crippen LogP contribution < -0.4 is 15.5 Å². The lowest BCUT2D eigenvalue weighted by Gasteiger charge is -2.17. The maximum atomic E-state index is 5.04. The standard InChI is InChI=1S/C11H17N3S/c1-8-5-6-9(13-11(15)12-2)7-10(8)14(3)4/h5-7H,1-4H3,(H2,12,13,15). The summed E-state index contributed by atoms with van der Waals surface area (Å²) >= 11 is 5.04. The Hall–Kier alpha value is -1.29. The van der Waals surface area contributed by atoms with Crippen LogP contribution in [0, 0.1) is 6.92 Å². The first kappa shape index (κ1) is 11.8. The second-order valence-corrected chi connectivity index (χ2v) is 4.01. The van der Waals surface area contributed by atoms with E-state index in [9.17, 15) is 0 Å². The first-order valence-electron chi connectivity index (χ1n) is 4.81. The monoisotopic (exact) mass is 223 g/mol. The van der Waals surface area contributed by atoms with Crippen LogP contribution in [0.3, 0.4) is 0 Å². The molecule has 0 aliphatic carbocycles. The topological polar surface area (TPSA) is 27.3 Å². The molecule has 0 unspecified atom stereocenters. The van der Waals surface area contributed by atoms with Crippen molar-refractivity contribution in [3.8, 4) is 0 Å². The van der Waals surface area contributed by atoms with E-state index in [0.29, 0.717) is 5.11 Å². The normalized spacial score (nSPS) is 9.60. The summed E-state index contributed by atoms with van der Waals surface area (Å²) in [5, 5.41) is 6.62. The summed E-state index contributed by atoms with van der Waals surface area (Å²) < 4.78 is 0. The molecule has 82 valence electrons. The second kappa shape index (κ2) is 4.98. The van der Waals surface area contributed by atoms with Crippen molar-refractivity contribution in [3.05, 3.63) is 23.8 Å². The highest BCUT2D eigenvalue weighted by Gasteiger charge is 2.02. The minimum atomic E-state index is 0.628. The molecule has 0 amide bonds. The molecule has 1 rings (SSSR count). The number of thiocarbonyl (C=S) groups is 1. The number of anilines is 2. The van der Waals surface area contributed by atoms with Crippen LogP contribution in [0.5, 0.6) is 0 Å². The molecule has 2 N–H and O–H groups in total. The van der Waals surface area contributed by atoms with E-state index in [2.05, 4.69) is 34.6 Å². The van der Waals surface area contributed by atoms with Crippen molar-refractivity contribution < 1.29 is 0 Å².